The van der Waals surface area contributed by atoms with Crippen LogP contribution in [-0.4, -0.2) is 16.0 Å². The second-order valence-electron chi connectivity index (χ2n) is 5.27. The molecular formula is C12H17Cl2N3. The van der Waals surface area contributed by atoms with Gasteiger partial charge in [0, 0.05) is 6.04 Å². The molecule has 1 heterocycles. The average molecular weight is 274 g/mol. The maximum absolute atomic E-state index is 6.06. The zero-order valence-corrected chi connectivity index (χ0v) is 11.6. The Morgan fingerprint density at radius 1 is 1.35 bits per heavy atom. The van der Waals surface area contributed by atoms with Crippen molar-refractivity contribution in [3.63, 3.8) is 0 Å². The first-order chi connectivity index (χ1) is 7.99. The molecule has 0 bridgehead atoms. The SMILES string of the molecule is CC1(C)CCCCC1Nc1nc(Cl)ncc1Cl. The molecule has 2 rings (SSSR count). The molecule has 1 saturated carbocycles. The van der Waals surface area contributed by atoms with E-state index in [9.17, 15) is 0 Å². The molecule has 1 aliphatic carbocycles. The number of halogens is 2. The summed E-state index contributed by atoms with van der Waals surface area (Å²) >= 11 is 11.8. The number of hydrogen-bond donors (Lipinski definition) is 1. The molecule has 1 N–H and O–H groups in total. The second kappa shape index (κ2) is 4.99. The van der Waals surface area contributed by atoms with Crippen molar-refractivity contribution in [2.45, 2.75) is 45.6 Å². The summed E-state index contributed by atoms with van der Waals surface area (Å²) in [6, 6.07) is 0.389. The van der Waals surface area contributed by atoms with E-state index < -0.39 is 0 Å². The van der Waals surface area contributed by atoms with Crippen molar-refractivity contribution in [2.75, 3.05) is 5.32 Å². The van der Waals surface area contributed by atoms with Gasteiger partial charge in [-0.25, -0.2) is 4.98 Å². The van der Waals surface area contributed by atoms with E-state index in [4.69, 9.17) is 23.2 Å². The fourth-order valence-corrected chi connectivity index (χ4v) is 2.65. The summed E-state index contributed by atoms with van der Waals surface area (Å²) in [5.74, 6) is 0.645. The van der Waals surface area contributed by atoms with Crippen LogP contribution in [0.3, 0.4) is 0 Å². The van der Waals surface area contributed by atoms with Crippen LogP contribution in [0.4, 0.5) is 5.82 Å². The third-order valence-electron chi connectivity index (χ3n) is 3.53. The molecule has 0 saturated heterocycles. The van der Waals surface area contributed by atoms with E-state index in [2.05, 4.69) is 29.1 Å². The van der Waals surface area contributed by atoms with Crippen molar-refractivity contribution in [2.24, 2.45) is 5.41 Å². The maximum atomic E-state index is 6.06. The lowest BCUT2D eigenvalue weighted by atomic mass is 9.73. The largest absolute Gasteiger partial charge is 0.365 e. The molecule has 1 aromatic heterocycles. The summed E-state index contributed by atoms with van der Waals surface area (Å²) < 4.78 is 0. The lowest BCUT2D eigenvalue weighted by Gasteiger charge is -2.39. The van der Waals surface area contributed by atoms with E-state index in [1.165, 1.54) is 25.5 Å². The quantitative estimate of drug-likeness (QED) is 0.823. The summed E-state index contributed by atoms with van der Waals surface area (Å²) in [5.41, 5.74) is 0.263. The number of anilines is 1. The summed E-state index contributed by atoms with van der Waals surface area (Å²) in [4.78, 5) is 7.99. The zero-order chi connectivity index (χ0) is 12.5. The highest BCUT2D eigenvalue weighted by atomic mass is 35.5. The Bertz CT molecular complexity index is 407. The minimum atomic E-state index is 0.227. The Hall–Kier alpha value is -0.540. The summed E-state index contributed by atoms with van der Waals surface area (Å²) in [6.45, 7) is 4.56. The zero-order valence-electron chi connectivity index (χ0n) is 10.1. The third kappa shape index (κ3) is 3.02. The number of hydrogen-bond acceptors (Lipinski definition) is 3. The normalized spacial score (nSPS) is 23.4. The van der Waals surface area contributed by atoms with Crippen LogP contribution in [0, 0.1) is 5.41 Å². The van der Waals surface area contributed by atoms with Gasteiger partial charge in [-0.15, -0.1) is 0 Å². The topological polar surface area (TPSA) is 37.8 Å². The van der Waals surface area contributed by atoms with Gasteiger partial charge in [0.2, 0.25) is 5.28 Å². The van der Waals surface area contributed by atoms with Gasteiger partial charge in [0.25, 0.3) is 0 Å². The van der Waals surface area contributed by atoms with Crippen molar-refractivity contribution in [1.29, 1.82) is 0 Å². The van der Waals surface area contributed by atoms with Crippen LogP contribution in [0.2, 0.25) is 10.3 Å². The predicted molar refractivity (Wildman–Crippen MR) is 71.7 cm³/mol. The first-order valence-electron chi connectivity index (χ1n) is 5.93. The van der Waals surface area contributed by atoms with E-state index in [0.717, 1.165) is 6.42 Å². The van der Waals surface area contributed by atoms with E-state index >= 15 is 0 Å². The Labute approximate surface area is 112 Å². The van der Waals surface area contributed by atoms with E-state index in [-0.39, 0.29) is 10.7 Å². The van der Waals surface area contributed by atoms with Gasteiger partial charge in [-0.05, 0) is 29.9 Å². The van der Waals surface area contributed by atoms with Gasteiger partial charge in [-0.2, -0.15) is 4.98 Å². The van der Waals surface area contributed by atoms with Gasteiger partial charge in [-0.3, -0.25) is 0 Å². The molecule has 1 aliphatic rings. The van der Waals surface area contributed by atoms with Gasteiger partial charge in [0.15, 0.2) is 0 Å². The molecule has 1 aromatic rings. The monoisotopic (exact) mass is 273 g/mol. The molecule has 1 fully saturated rings. The number of aromatic nitrogens is 2. The van der Waals surface area contributed by atoms with Crippen molar-refractivity contribution in [3.05, 3.63) is 16.5 Å². The lowest BCUT2D eigenvalue weighted by molar-refractivity contribution is 0.216. The van der Waals surface area contributed by atoms with E-state index in [0.29, 0.717) is 16.9 Å². The first kappa shape index (κ1) is 12.9. The second-order valence-corrected chi connectivity index (χ2v) is 6.01. The maximum Gasteiger partial charge on any atom is 0.224 e. The molecule has 0 amide bonds. The molecule has 5 heteroatoms. The molecule has 0 aromatic carbocycles. The van der Waals surface area contributed by atoms with E-state index in [1.807, 2.05) is 0 Å². The molecule has 3 nitrogen and oxygen atoms in total. The molecule has 0 spiro atoms. The van der Waals surface area contributed by atoms with Crippen LogP contribution in [-0.2, 0) is 0 Å². The van der Waals surface area contributed by atoms with Gasteiger partial charge >= 0.3 is 0 Å². The summed E-state index contributed by atoms with van der Waals surface area (Å²) in [7, 11) is 0. The average Bonchev–Trinajstić information content (AvgIpc) is 2.26. The highest BCUT2D eigenvalue weighted by Crippen LogP contribution is 2.37. The number of nitrogens with one attached hydrogen (secondary N) is 1. The Morgan fingerprint density at radius 3 is 2.82 bits per heavy atom. The fourth-order valence-electron chi connectivity index (χ4n) is 2.37. The van der Waals surface area contributed by atoms with Crippen molar-refractivity contribution in [3.8, 4) is 0 Å². The minimum absolute atomic E-state index is 0.227. The first-order valence-corrected chi connectivity index (χ1v) is 6.69. The van der Waals surface area contributed by atoms with Gasteiger partial charge < -0.3 is 5.32 Å². The van der Waals surface area contributed by atoms with Crippen LogP contribution in [0.25, 0.3) is 0 Å². The van der Waals surface area contributed by atoms with Gasteiger partial charge in [0.05, 0.1) is 6.20 Å². The van der Waals surface area contributed by atoms with Crippen LogP contribution in [0.15, 0.2) is 6.20 Å². The Balaban J connectivity index is 2.16. The Morgan fingerprint density at radius 2 is 2.12 bits per heavy atom. The molecule has 94 valence electrons. The van der Waals surface area contributed by atoms with Gasteiger partial charge in [-0.1, -0.05) is 38.3 Å². The third-order valence-corrected chi connectivity index (χ3v) is 3.99. The van der Waals surface area contributed by atoms with E-state index in [1.54, 1.807) is 0 Å². The fraction of sp³-hybridized carbons (Fsp3) is 0.667. The van der Waals surface area contributed by atoms with Crippen LogP contribution in [0.5, 0.6) is 0 Å². The molecule has 1 atom stereocenters. The lowest BCUT2D eigenvalue weighted by Crippen LogP contribution is -2.39. The molecule has 0 aliphatic heterocycles. The number of nitrogens with zero attached hydrogens (tertiary/aromatic N) is 2. The predicted octanol–water partition coefficient (Wildman–Crippen LogP) is 4.16. The number of rotatable bonds is 2. The van der Waals surface area contributed by atoms with Crippen molar-refractivity contribution in [1.82, 2.24) is 9.97 Å². The highest BCUT2D eigenvalue weighted by molar-refractivity contribution is 6.33. The molecule has 17 heavy (non-hydrogen) atoms. The highest BCUT2D eigenvalue weighted by Gasteiger charge is 2.32. The van der Waals surface area contributed by atoms with Crippen LogP contribution in [0.1, 0.15) is 39.5 Å². The van der Waals surface area contributed by atoms with Crippen molar-refractivity contribution >= 4 is 29.0 Å². The Kier molecular flexibility index (Phi) is 3.79. The summed E-state index contributed by atoms with van der Waals surface area (Å²) in [5, 5.41) is 4.16. The molecular weight excluding hydrogens is 257 g/mol. The van der Waals surface area contributed by atoms with Gasteiger partial charge in [0.1, 0.15) is 10.8 Å². The standard InChI is InChI=1S/C12H17Cl2N3/c1-12(2)6-4-3-5-9(12)16-10-8(13)7-15-11(14)17-10/h7,9H,3-6H2,1-2H3,(H,15,16,17). The van der Waals surface area contributed by atoms with Crippen molar-refractivity contribution < 1.29 is 0 Å². The minimum Gasteiger partial charge on any atom is -0.365 e. The van der Waals surface area contributed by atoms with Crippen LogP contribution < -0.4 is 5.32 Å². The van der Waals surface area contributed by atoms with Crippen LogP contribution >= 0.6 is 23.2 Å². The molecule has 1 unspecified atom stereocenters. The summed E-state index contributed by atoms with van der Waals surface area (Å²) in [6.07, 6.45) is 6.45. The smallest absolute Gasteiger partial charge is 0.224 e. The molecule has 0 radical (unpaired) electrons.